The monoisotopic (exact) mass is 443 g/mol. The van der Waals surface area contributed by atoms with Crippen LogP contribution in [0.3, 0.4) is 0 Å². The summed E-state index contributed by atoms with van der Waals surface area (Å²) in [7, 11) is -3.46. The maximum Gasteiger partial charge on any atom is 0.272 e. The van der Waals surface area contributed by atoms with Crippen molar-refractivity contribution in [2.75, 3.05) is 11.0 Å². The molecule has 0 radical (unpaired) electrons. The van der Waals surface area contributed by atoms with Gasteiger partial charge in [-0.15, -0.1) is 0 Å². The fourth-order valence-electron chi connectivity index (χ4n) is 3.29. The van der Waals surface area contributed by atoms with Crippen LogP contribution in [0, 0.1) is 6.92 Å². The maximum atomic E-state index is 12.3. The number of hydrogen-bond acceptors (Lipinski definition) is 4. The summed E-state index contributed by atoms with van der Waals surface area (Å²) < 4.78 is 33.7. The van der Waals surface area contributed by atoms with Gasteiger partial charge in [0.2, 0.25) is 10.0 Å². The number of aromatic nitrogens is 2. The lowest BCUT2D eigenvalue weighted by Crippen LogP contribution is -2.10. The molecule has 7 nitrogen and oxygen atoms in total. The van der Waals surface area contributed by atoms with Crippen molar-refractivity contribution in [3.8, 4) is 22.8 Å². The molecule has 0 saturated carbocycles. The first-order chi connectivity index (χ1) is 14.2. The van der Waals surface area contributed by atoms with Crippen molar-refractivity contribution in [2.45, 2.75) is 6.92 Å². The number of H-pyrrole nitrogens is 1. The summed E-state index contributed by atoms with van der Waals surface area (Å²) in [4.78, 5) is 15.0. The third-order valence-corrected chi connectivity index (χ3v) is 5.34. The molecule has 2 N–H and O–H groups in total. The largest absolute Gasteiger partial charge is 0.457 e. The second-order valence-corrected chi connectivity index (χ2v) is 9.05. The number of anilines is 1. The standard InChI is InChI=1S/C21H18ClN3O4S/c1-13-11-18(25-10-9-23-21(26)20(13)25)17-12-15(24-30(2,27)28)5-8-19(17)29-16-6-3-14(22)4-7-16/h3-12,24H,1-2H3,(H,23,26). The number of halogens is 1. The molecule has 2 aromatic heterocycles. The first-order valence-corrected chi connectivity index (χ1v) is 11.2. The molecule has 0 spiro atoms. The van der Waals surface area contributed by atoms with Crippen LogP contribution in [0.1, 0.15) is 5.56 Å². The minimum absolute atomic E-state index is 0.216. The van der Waals surface area contributed by atoms with E-state index in [4.69, 9.17) is 16.3 Å². The molecule has 30 heavy (non-hydrogen) atoms. The summed E-state index contributed by atoms with van der Waals surface area (Å²) in [6.07, 6.45) is 4.37. The number of fused-ring (bicyclic) bond motifs is 1. The Morgan fingerprint density at radius 1 is 1.10 bits per heavy atom. The van der Waals surface area contributed by atoms with Crippen LogP contribution in [-0.4, -0.2) is 24.1 Å². The lowest BCUT2D eigenvalue weighted by molar-refractivity contribution is 0.484. The molecule has 0 aliphatic carbocycles. The number of aromatic amines is 1. The van der Waals surface area contributed by atoms with Crippen molar-refractivity contribution in [1.82, 2.24) is 9.38 Å². The average Bonchev–Trinajstić information content (AvgIpc) is 3.01. The molecule has 4 aromatic rings. The fraction of sp³-hybridized carbons (Fsp3) is 0.0952. The van der Waals surface area contributed by atoms with Crippen LogP contribution in [0.2, 0.25) is 5.02 Å². The van der Waals surface area contributed by atoms with E-state index in [0.29, 0.717) is 39.0 Å². The van der Waals surface area contributed by atoms with Crippen LogP contribution in [0.4, 0.5) is 5.69 Å². The molecule has 0 aliphatic heterocycles. The van der Waals surface area contributed by atoms with Gasteiger partial charge in [0.15, 0.2) is 0 Å². The summed E-state index contributed by atoms with van der Waals surface area (Å²) in [5, 5.41) is 0.586. The van der Waals surface area contributed by atoms with E-state index in [9.17, 15) is 13.2 Å². The zero-order chi connectivity index (χ0) is 21.5. The Morgan fingerprint density at radius 2 is 1.83 bits per heavy atom. The molecule has 4 rings (SSSR count). The zero-order valence-corrected chi connectivity index (χ0v) is 17.7. The maximum absolute atomic E-state index is 12.3. The van der Waals surface area contributed by atoms with Gasteiger partial charge in [-0.25, -0.2) is 8.42 Å². The van der Waals surface area contributed by atoms with Crippen molar-refractivity contribution >= 4 is 32.8 Å². The normalized spacial score (nSPS) is 11.6. The Balaban J connectivity index is 1.91. The van der Waals surface area contributed by atoms with E-state index in [2.05, 4.69) is 9.71 Å². The number of hydrogen-bond donors (Lipinski definition) is 2. The van der Waals surface area contributed by atoms with Gasteiger partial charge in [-0.3, -0.25) is 9.52 Å². The molecule has 0 bridgehead atoms. The van der Waals surface area contributed by atoms with Gasteiger partial charge in [0.1, 0.15) is 17.0 Å². The smallest absolute Gasteiger partial charge is 0.272 e. The van der Waals surface area contributed by atoms with Crippen LogP contribution in [-0.2, 0) is 10.0 Å². The molecular weight excluding hydrogens is 426 g/mol. The van der Waals surface area contributed by atoms with Gasteiger partial charge in [0.05, 0.1) is 11.9 Å². The Bertz CT molecular complexity index is 1410. The highest BCUT2D eigenvalue weighted by Crippen LogP contribution is 2.37. The zero-order valence-electron chi connectivity index (χ0n) is 16.1. The molecule has 0 amide bonds. The number of nitrogens with zero attached hydrogens (tertiary/aromatic N) is 1. The van der Waals surface area contributed by atoms with E-state index in [0.717, 1.165) is 11.8 Å². The van der Waals surface area contributed by atoms with E-state index >= 15 is 0 Å². The molecule has 2 aromatic carbocycles. The summed E-state index contributed by atoms with van der Waals surface area (Å²) in [6.45, 7) is 1.84. The lowest BCUT2D eigenvalue weighted by atomic mass is 10.1. The second kappa shape index (κ2) is 7.55. The predicted octanol–water partition coefficient (Wildman–Crippen LogP) is 4.42. The summed E-state index contributed by atoms with van der Waals surface area (Å²) >= 11 is 5.95. The SMILES string of the molecule is Cc1cc(-c2cc(NS(C)(=O)=O)ccc2Oc2ccc(Cl)cc2)n2cc[nH]c(=O)c12. The van der Waals surface area contributed by atoms with Crippen LogP contribution < -0.4 is 15.0 Å². The molecule has 2 heterocycles. The van der Waals surface area contributed by atoms with E-state index in [1.54, 1.807) is 59.3 Å². The molecular formula is C21H18ClN3O4S. The first kappa shape index (κ1) is 20.1. The van der Waals surface area contributed by atoms with E-state index < -0.39 is 10.0 Å². The highest BCUT2D eigenvalue weighted by Gasteiger charge is 2.17. The van der Waals surface area contributed by atoms with Crippen molar-refractivity contribution < 1.29 is 13.2 Å². The van der Waals surface area contributed by atoms with Crippen LogP contribution in [0.25, 0.3) is 16.8 Å². The van der Waals surface area contributed by atoms with E-state index in [-0.39, 0.29) is 5.56 Å². The van der Waals surface area contributed by atoms with Crippen molar-refractivity contribution in [3.05, 3.63) is 81.9 Å². The van der Waals surface area contributed by atoms with Gasteiger partial charge in [0.25, 0.3) is 5.56 Å². The van der Waals surface area contributed by atoms with Gasteiger partial charge in [-0.2, -0.15) is 0 Å². The number of aryl methyl sites for hydroxylation is 1. The minimum atomic E-state index is -3.46. The Morgan fingerprint density at radius 3 is 2.53 bits per heavy atom. The van der Waals surface area contributed by atoms with Gasteiger partial charge in [0, 0.05) is 28.7 Å². The average molecular weight is 444 g/mol. The van der Waals surface area contributed by atoms with Gasteiger partial charge in [-0.1, -0.05) is 11.6 Å². The van der Waals surface area contributed by atoms with Crippen molar-refractivity contribution in [1.29, 1.82) is 0 Å². The van der Waals surface area contributed by atoms with Crippen LogP contribution >= 0.6 is 11.6 Å². The Labute approximate surface area is 178 Å². The number of benzene rings is 2. The highest BCUT2D eigenvalue weighted by molar-refractivity contribution is 7.92. The van der Waals surface area contributed by atoms with Crippen molar-refractivity contribution in [2.24, 2.45) is 0 Å². The topological polar surface area (TPSA) is 92.7 Å². The summed E-state index contributed by atoms with van der Waals surface area (Å²) in [5.74, 6) is 1.07. The number of nitrogens with one attached hydrogen (secondary N) is 2. The molecule has 0 fully saturated rings. The molecule has 9 heteroatoms. The molecule has 0 saturated heterocycles. The number of sulfonamides is 1. The summed E-state index contributed by atoms with van der Waals surface area (Å²) in [5.41, 5.74) is 2.76. The van der Waals surface area contributed by atoms with Gasteiger partial charge >= 0.3 is 0 Å². The van der Waals surface area contributed by atoms with Crippen LogP contribution in [0.15, 0.2) is 65.7 Å². The molecule has 0 unspecified atom stereocenters. The fourth-order valence-corrected chi connectivity index (χ4v) is 3.97. The Hall–Kier alpha value is -3.23. The van der Waals surface area contributed by atoms with Crippen molar-refractivity contribution in [3.63, 3.8) is 0 Å². The number of rotatable bonds is 5. The quantitative estimate of drug-likeness (QED) is 0.477. The van der Waals surface area contributed by atoms with Gasteiger partial charge < -0.3 is 14.1 Å². The first-order valence-electron chi connectivity index (χ1n) is 8.96. The molecule has 154 valence electrons. The third-order valence-electron chi connectivity index (χ3n) is 4.48. The highest BCUT2D eigenvalue weighted by atomic mass is 35.5. The van der Waals surface area contributed by atoms with E-state index in [1.165, 1.54) is 0 Å². The Kier molecular flexibility index (Phi) is 5.05. The molecule has 0 aliphatic rings. The number of ether oxygens (including phenoxy) is 1. The predicted molar refractivity (Wildman–Crippen MR) is 118 cm³/mol. The van der Waals surface area contributed by atoms with Crippen LogP contribution in [0.5, 0.6) is 11.5 Å². The second-order valence-electron chi connectivity index (χ2n) is 6.86. The van der Waals surface area contributed by atoms with E-state index in [1.807, 2.05) is 13.0 Å². The summed E-state index contributed by atoms with van der Waals surface area (Å²) in [6, 6.07) is 13.7. The molecule has 0 atom stereocenters. The lowest BCUT2D eigenvalue weighted by Gasteiger charge is -2.14. The third kappa shape index (κ3) is 4.05. The van der Waals surface area contributed by atoms with Gasteiger partial charge in [-0.05, 0) is 61.0 Å². The minimum Gasteiger partial charge on any atom is -0.457 e.